The summed E-state index contributed by atoms with van der Waals surface area (Å²) in [5.41, 5.74) is 0.374. The van der Waals surface area contributed by atoms with Crippen LogP contribution in [0.5, 0.6) is 5.75 Å². The van der Waals surface area contributed by atoms with Gasteiger partial charge in [-0.3, -0.25) is 0 Å². The van der Waals surface area contributed by atoms with Crippen molar-refractivity contribution >= 4 is 16.9 Å². The third kappa shape index (κ3) is 1.60. The summed E-state index contributed by atoms with van der Waals surface area (Å²) in [7, 11) is 2.60. The van der Waals surface area contributed by atoms with Crippen molar-refractivity contribution in [2.75, 3.05) is 14.2 Å². The largest absolute Gasteiger partial charge is 0.494 e. The molecule has 84 valence electrons. The van der Waals surface area contributed by atoms with E-state index in [0.717, 1.165) is 0 Å². The van der Waals surface area contributed by atoms with Gasteiger partial charge in [0.15, 0.2) is 11.6 Å². The first kappa shape index (κ1) is 10.5. The molecule has 2 rings (SSSR count). The molecule has 0 fully saturated rings. The SMILES string of the molecule is COC(=O)c1cc2cc(F)c(OC)cc2o1. The fourth-order valence-corrected chi connectivity index (χ4v) is 1.40. The van der Waals surface area contributed by atoms with E-state index in [1.165, 1.54) is 32.4 Å². The van der Waals surface area contributed by atoms with E-state index in [4.69, 9.17) is 9.15 Å². The summed E-state index contributed by atoms with van der Waals surface area (Å²) >= 11 is 0. The molecule has 2 aromatic rings. The number of rotatable bonds is 2. The zero-order valence-electron chi connectivity index (χ0n) is 8.74. The predicted octanol–water partition coefficient (Wildman–Crippen LogP) is 2.37. The standard InChI is InChI=1S/C11H9FO4/c1-14-9-5-8-6(3-7(9)12)4-10(16-8)11(13)15-2/h3-5H,1-2H3. The van der Waals surface area contributed by atoms with Crippen molar-refractivity contribution in [3.8, 4) is 5.75 Å². The van der Waals surface area contributed by atoms with Gasteiger partial charge >= 0.3 is 5.97 Å². The maximum Gasteiger partial charge on any atom is 0.373 e. The van der Waals surface area contributed by atoms with E-state index < -0.39 is 11.8 Å². The van der Waals surface area contributed by atoms with Gasteiger partial charge in [0.25, 0.3) is 0 Å². The van der Waals surface area contributed by atoms with E-state index in [9.17, 15) is 9.18 Å². The van der Waals surface area contributed by atoms with Gasteiger partial charge in [-0.15, -0.1) is 0 Å². The van der Waals surface area contributed by atoms with Crippen LogP contribution < -0.4 is 4.74 Å². The summed E-state index contributed by atoms with van der Waals surface area (Å²) in [5.74, 6) is -1.01. The summed E-state index contributed by atoms with van der Waals surface area (Å²) in [6, 6.07) is 4.05. The normalized spacial score (nSPS) is 10.4. The average Bonchev–Trinajstić information content (AvgIpc) is 2.69. The van der Waals surface area contributed by atoms with Gasteiger partial charge in [-0.1, -0.05) is 0 Å². The maximum absolute atomic E-state index is 13.3. The number of fused-ring (bicyclic) bond motifs is 1. The van der Waals surface area contributed by atoms with Crippen molar-refractivity contribution in [3.05, 3.63) is 29.8 Å². The first-order valence-corrected chi connectivity index (χ1v) is 4.51. The summed E-state index contributed by atoms with van der Waals surface area (Å²) in [6.07, 6.45) is 0. The molecule has 0 aliphatic heterocycles. The monoisotopic (exact) mass is 224 g/mol. The van der Waals surface area contributed by atoms with Crippen molar-refractivity contribution in [1.82, 2.24) is 0 Å². The summed E-state index contributed by atoms with van der Waals surface area (Å²) in [6.45, 7) is 0. The minimum absolute atomic E-state index is 0.0325. The number of halogens is 1. The quantitative estimate of drug-likeness (QED) is 0.735. The molecule has 0 saturated carbocycles. The van der Waals surface area contributed by atoms with Crippen LogP contribution in [0.15, 0.2) is 22.6 Å². The Hall–Kier alpha value is -2.04. The zero-order chi connectivity index (χ0) is 11.7. The first-order chi connectivity index (χ1) is 7.65. The number of benzene rings is 1. The molecule has 0 aliphatic rings. The van der Waals surface area contributed by atoms with Crippen molar-refractivity contribution < 1.29 is 23.1 Å². The molecule has 1 heterocycles. The van der Waals surface area contributed by atoms with Crippen LogP contribution in [0.3, 0.4) is 0 Å². The number of hydrogen-bond donors (Lipinski definition) is 0. The second kappa shape index (κ2) is 3.84. The molecular formula is C11H9FO4. The van der Waals surface area contributed by atoms with Gasteiger partial charge in [0.05, 0.1) is 14.2 Å². The number of carbonyl (C=O) groups excluding carboxylic acids is 1. The average molecular weight is 224 g/mol. The van der Waals surface area contributed by atoms with Gasteiger partial charge in [-0.2, -0.15) is 0 Å². The lowest BCUT2D eigenvalue weighted by atomic mass is 10.2. The zero-order valence-corrected chi connectivity index (χ0v) is 8.74. The van der Waals surface area contributed by atoms with Crippen LogP contribution in [0.4, 0.5) is 4.39 Å². The Kier molecular flexibility index (Phi) is 2.52. The molecule has 16 heavy (non-hydrogen) atoms. The van der Waals surface area contributed by atoms with Gasteiger partial charge in [-0.25, -0.2) is 9.18 Å². The molecule has 0 saturated heterocycles. The van der Waals surface area contributed by atoms with Crippen LogP contribution in [0.2, 0.25) is 0 Å². The predicted molar refractivity (Wildman–Crippen MR) is 54.1 cm³/mol. The topological polar surface area (TPSA) is 48.7 Å². The Morgan fingerprint density at radius 2 is 2.06 bits per heavy atom. The lowest BCUT2D eigenvalue weighted by Gasteiger charge is -1.99. The molecule has 0 amide bonds. The molecule has 0 spiro atoms. The van der Waals surface area contributed by atoms with E-state index >= 15 is 0 Å². The lowest BCUT2D eigenvalue weighted by molar-refractivity contribution is 0.0567. The van der Waals surface area contributed by atoms with Gasteiger partial charge in [-0.05, 0) is 12.1 Å². The molecule has 0 atom stereocenters. The van der Waals surface area contributed by atoms with Crippen LogP contribution in [0.25, 0.3) is 11.0 Å². The van der Waals surface area contributed by atoms with Crippen LogP contribution in [-0.4, -0.2) is 20.2 Å². The molecule has 0 bridgehead atoms. The van der Waals surface area contributed by atoms with Gasteiger partial charge in [0, 0.05) is 11.5 Å². The fourth-order valence-electron chi connectivity index (χ4n) is 1.40. The minimum Gasteiger partial charge on any atom is -0.494 e. The van der Waals surface area contributed by atoms with E-state index in [2.05, 4.69) is 4.74 Å². The molecule has 0 aliphatic carbocycles. The summed E-state index contributed by atoms with van der Waals surface area (Å²) in [4.78, 5) is 11.2. The number of ether oxygens (including phenoxy) is 2. The highest BCUT2D eigenvalue weighted by Gasteiger charge is 2.14. The van der Waals surface area contributed by atoms with E-state index in [1.54, 1.807) is 0 Å². The number of hydrogen-bond acceptors (Lipinski definition) is 4. The highest BCUT2D eigenvalue weighted by atomic mass is 19.1. The molecule has 0 radical (unpaired) electrons. The number of esters is 1. The fraction of sp³-hybridized carbons (Fsp3) is 0.182. The Morgan fingerprint density at radius 1 is 1.31 bits per heavy atom. The minimum atomic E-state index is -0.601. The third-order valence-corrected chi connectivity index (χ3v) is 2.18. The van der Waals surface area contributed by atoms with Crippen LogP contribution >= 0.6 is 0 Å². The molecular weight excluding hydrogens is 215 g/mol. The van der Waals surface area contributed by atoms with Crippen LogP contribution in [0, 0.1) is 5.82 Å². The Balaban J connectivity index is 2.58. The van der Waals surface area contributed by atoms with Crippen LogP contribution in [-0.2, 0) is 4.74 Å². The second-order valence-corrected chi connectivity index (χ2v) is 3.13. The molecule has 1 aromatic carbocycles. The molecule has 1 aromatic heterocycles. The first-order valence-electron chi connectivity index (χ1n) is 4.51. The number of carbonyl (C=O) groups is 1. The van der Waals surface area contributed by atoms with Crippen molar-refractivity contribution in [2.45, 2.75) is 0 Å². The molecule has 5 heteroatoms. The van der Waals surface area contributed by atoms with Gasteiger partial charge in [0.1, 0.15) is 5.58 Å². The Morgan fingerprint density at radius 3 is 2.69 bits per heavy atom. The second-order valence-electron chi connectivity index (χ2n) is 3.13. The molecule has 0 N–H and O–H groups in total. The molecule has 0 unspecified atom stereocenters. The van der Waals surface area contributed by atoms with Crippen molar-refractivity contribution in [2.24, 2.45) is 0 Å². The Bertz CT molecular complexity index is 544. The lowest BCUT2D eigenvalue weighted by Crippen LogP contribution is -1.97. The summed E-state index contributed by atoms with van der Waals surface area (Å²) in [5, 5.41) is 0.485. The highest BCUT2D eigenvalue weighted by Crippen LogP contribution is 2.27. The number of methoxy groups -OCH3 is 2. The van der Waals surface area contributed by atoms with Crippen molar-refractivity contribution in [1.29, 1.82) is 0 Å². The smallest absolute Gasteiger partial charge is 0.373 e. The van der Waals surface area contributed by atoms with E-state index in [1.807, 2.05) is 0 Å². The van der Waals surface area contributed by atoms with E-state index in [0.29, 0.717) is 11.0 Å². The van der Waals surface area contributed by atoms with Gasteiger partial charge < -0.3 is 13.9 Å². The summed E-state index contributed by atoms with van der Waals surface area (Å²) < 4.78 is 27.8. The van der Waals surface area contributed by atoms with Crippen molar-refractivity contribution in [3.63, 3.8) is 0 Å². The Labute approximate surface area is 90.6 Å². The highest BCUT2D eigenvalue weighted by molar-refractivity contribution is 5.92. The molecule has 4 nitrogen and oxygen atoms in total. The van der Waals surface area contributed by atoms with E-state index in [-0.39, 0.29) is 11.5 Å². The maximum atomic E-state index is 13.3. The van der Waals surface area contributed by atoms with Gasteiger partial charge in [0.2, 0.25) is 5.76 Å². The number of furan rings is 1. The van der Waals surface area contributed by atoms with Crippen LogP contribution in [0.1, 0.15) is 10.6 Å². The third-order valence-electron chi connectivity index (χ3n) is 2.18.